The molecule has 3 heteroatoms. The number of hydrogen-bond acceptors (Lipinski definition) is 1. The second-order valence-electron chi connectivity index (χ2n) is 5.44. The quantitative estimate of drug-likeness (QED) is 0.727. The Kier molecular flexibility index (Phi) is 3.49. The van der Waals surface area contributed by atoms with Crippen LogP contribution in [0.25, 0.3) is 0 Å². The molecule has 1 heterocycles. The molecule has 2 atom stereocenters. The summed E-state index contributed by atoms with van der Waals surface area (Å²) in [4.78, 5) is 2.38. The van der Waals surface area contributed by atoms with Crippen LogP contribution in [0.3, 0.4) is 0 Å². The molecule has 15 heavy (non-hydrogen) atoms. The minimum atomic E-state index is 0.671. The zero-order valence-electron chi connectivity index (χ0n) is 9.83. The molecule has 0 aromatic rings. The van der Waals surface area contributed by atoms with Gasteiger partial charge in [0, 0.05) is 19.6 Å². The molecule has 2 rings (SSSR count). The lowest BCUT2D eigenvalue weighted by molar-refractivity contribution is 0.450. The second kappa shape index (κ2) is 4.69. The van der Waals surface area contributed by atoms with Crippen molar-refractivity contribution in [1.29, 1.82) is 0 Å². The third-order valence-corrected chi connectivity index (χ3v) is 4.08. The first kappa shape index (κ1) is 11.2. The van der Waals surface area contributed by atoms with Gasteiger partial charge < -0.3 is 10.2 Å². The summed E-state index contributed by atoms with van der Waals surface area (Å²) in [6.45, 7) is 7.84. The van der Waals surface area contributed by atoms with Gasteiger partial charge in [0.2, 0.25) is 0 Å². The van der Waals surface area contributed by atoms with Crippen molar-refractivity contribution < 1.29 is 0 Å². The number of rotatable bonds is 2. The Hall–Kier alpha value is -0.310. The highest BCUT2D eigenvalue weighted by atomic mass is 32.1. The molecule has 2 aliphatic rings. The molecule has 0 bridgehead atoms. The Balaban J connectivity index is 1.78. The van der Waals surface area contributed by atoms with Crippen LogP contribution in [0, 0.1) is 17.8 Å². The van der Waals surface area contributed by atoms with Crippen molar-refractivity contribution >= 4 is 17.3 Å². The molecule has 2 nitrogen and oxygen atoms in total. The number of hydrogen-bond donors (Lipinski definition) is 1. The number of nitrogens with one attached hydrogen (secondary N) is 1. The van der Waals surface area contributed by atoms with E-state index in [1.165, 1.54) is 32.4 Å². The first-order valence-electron chi connectivity index (χ1n) is 6.19. The van der Waals surface area contributed by atoms with E-state index in [-0.39, 0.29) is 0 Å². The highest BCUT2D eigenvalue weighted by Gasteiger charge is 2.36. The van der Waals surface area contributed by atoms with E-state index in [2.05, 4.69) is 24.1 Å². The SMILES string of the molecule is CC(C)CNC(=S)N1CC2CCCC2C1. The molecule has 0 aromatic heterocycles. The van der Waals surface area contributed by atoms with Gasteiger partial charge in [0.1, 0.15) is 0 Å². The van der Waals surface area contributed by atoms with E-state index >= 15 is 0 Å². The van der Waals surface area contributed by atoms with Crippen molar-refractivity contribution in [2.45, 2.75) is 33.1 Å². The Morgan fingerprint density at radius 3 is 2.47 bits per heavy atom. The van der Waals surface area contributed by atoms with Crippen LogP contribution in [0.4, 0.5) is 0 Å². The van der Waals surface area contributed by atoms with Crippen LogP contribution in [0.2, 0.25) is 0 Å². The van der Waals surface area contributed by atoms with Crippen LogP contribution in [0.5, 0.6) is 0 Å². The molecule has 1 N–H and O–H groups in total. The number of thiocarbonyl (C=S) groups is 1. The maximum atomic E-state index is 5.42. The van der Waals surface area contributed by atoms with Crippen LogP contribution in [-0.4, -0.2) is 29.6 Å². The lowest BCUT2D eigenvalue weighted by Gasteiger charge is -2.22. The summed E-state index contributed by atoms with van der Waals surface area (Å²) in [6.07, 6.45) is 4.29. The van der Waals surface area contributed by atoms with Gasteiger partial charge in [-0.2, -0.15) is 0 Å². The summed E-state index contributed by atoms with van der Waals surface area (Å²) in [5, 5.41) is 4.36. The Morgan fingerprint density at radius 2 is 1.93 bits per heavy atom. The molecule has 1 aliphatic carbocycles. The summed E-state index contributed by atoms with van der Waals surface area (Å²) in [5.74, 6) is 2.54. The molecular weight excluding hydrogens is 204 g/mol. The fraction of sp³-hybridized carbons (Fsp3) is 0.917. The average molecular weight is 226 g/mol. The minimum Gasteiger partial charge on any atom is -0.362 e. The highest BCUT2D eigenvalue weighted by molar-refractivity contribution is 7.80. The van der Waals surface area contributed by atoms with E-state index in [0.717, 1.165) is 23.5 Å². The summed E-state index contributed by atoms with van der Waals surface area (Å²) >= 11 is 5.42. The van der Waals surface area contributed by atoms with E-state index in [4.69, 9.17) is 12.2 Å². The number of likely N-dealkylation sites (tertiary alicyclic amines) is 1. The Morgan fingerprint density at radius 1 is 1.33 bits per heavy atom. The average Bonchev–Trinajstić information content (AvgIpc) is 2.72. The van der Waals surface area contributed by atoms with E-state index in [1.54, 1.807) is 0 Å². The van der Waals surface area contributed by atoms with Crippen LogP contribution in [0.15, 0.2) is 0 Å². The zero-order valence-corrected chi connectivity index (χ0v) is 10.6. The molecule has 1 saturated carbocycles. The van der Waals surface area contributed by atoms with Crippen molar-refractivity contribution in [3.63, 3.8) is 0 Å². The first-order valence-corrected chi connectivity index (χ1v) is 6.60. The van der Waals surface area contributed by atoms with Gasteiger partial charge in [0.15, 0.2) is 5.11 Å². The normalized spacial score (nSPS) is 29.7. The smallest absolute Gasteiger partial charge is 0.168 e. The molecule has 0 aromatic carbocycles. The summed E-state index contributed by atoms with van der Waals surface area (Å²) in [7, 11) is 0. The van der Waals surface area contributed by atoms with E-state index in [9.17, 15) is 0 Å². The van der Waals surface area contributed by atoms with Crippen molar-refractivity contribution in [3.8, 4) is 0 Å². The van der Waals surface area contributed by atoms with E-state index in [0.29, 0.717) is 5.92 Å². The fourth-order valence-corrected chi connectivity index (χ4v) is 3.04. The first-order chi connectivity index (χ1) is 7.16. The van der Waals surface area contributed by atoms with Crippen LogP contribution in [-0.2, 0) is 0 Å². The molecule has 2 fully saturated rings. The third kappa shape index (κ3) is 2.63. The molecule has 0 amide bonds. The molecule has 1 aliphatic heterocycles. The van der Waals surface area contributed by atoms with E-state index in [1.807, 2.05) is 0 Å². The van der Waals surface area contributed by atoms with Gasteiger partial charge in [-0.15, -0.1) is 0 Å². The number of nitrogens with zero attached hydrogens (tertiary/aromatic N) is 1. The topological polar surface area (TPSA) is 15.3 Å². The lowest BCUT2D eigenvalue weighted by Crippen LogP contribution is -2.40. The lowest BCUT2D eigenvalue weighted by atomic mass is 10.0. The fourth-order valence-electron chi connectivity index (χ4n) is 2.80. The van der Waals surface area contributed by atoms with Crippen molar-refractivity contribution in [1.82, 2.24) is 10.2 Å². The van der Waals surface area contributed by atoms with Crippen molar-refractivity contribution in [2.75, 3.05) is 19.6 Å². The molecular formula is C12H22N2S. The minimum absolute atomic E-state index is 0.671. The molecule has 2 unspecified atom stereocenters. The van der Waals surface area contributed by atoms with Gasteiger partial charge in [0.25, 0.3) is 0 Å². The molecule has 0 spiro atoms. The van der Waals surface area contributed by atoms with Crippen LogP contribution < -0.4 is 5.32 Å². The predicted molar refractivity (Wildman–Crippen MR) is 67.8 cm³/mol. The van der Waals surface area contributed by atoms with Crippen molar-refractivity contribution in [3.05, 3.63) is 0 Å². The van der Waals surface area contributed by atoms with Gasteiger partial charge in [-0.1, -0.05) is 20.3 Å². The van der Waals surface area contributed by atoms with Crippen LogP contribution in [0.1, 0.15) is 33.1 Å². The molecule has 0 radical (unpaired) electrons. The van der Waals surface area contributed by atoms with Gasteiger partial charge in [0.05, 0.1) is 0 Å². The second-order valence-corrected chi connectivity index (χ2v) is 5.82. The summed E-state index contributed by atoms with van der Waals surface area (Å²) < 4.78 is 0. The maximum absolute atomic E-state index is 5.42. The third-order valence-electron chi connectivity index (χ3n) is 3.68. The largest absolute Gasteiger partial charge is 0.362 e. The highest BCUT2D eigenvalue weighted by Crippen LogP contribution is 2.37. The standard InChI is InChI=1S/C12H22N2S/c1-9(2)6-13-12(15)14-7-10-4-3-5-11(10)8-14/h9-11H,3-8H2,1-2H3,(H,13,15). The molecule has 86 valence electrons. The van der Waals surface area contributed by atoms with Gasteiger partial charge in [-0.25, -0.2) is 0 Å². The Labute approximate surface area is 98.4 Å². The van der Waals surface area contributed by atoms with Crippen LogP contribution >= 0.6 is 12.2 Å². The monoisotopic (exact) mass is 226 g/mol. The maximum Gasteiger partial charge on any atom is 0.168 e. The van der Waals surface area contributed by atoms with Gasteiger partial charge in [-0.05, 0) is 42.8 Å². The number of fused-ring (bicyclic) bond motifs is 1. The molecule has 1 saturated heterocycles. The Bertz CT molecular complexity index is 228. The van der Waals surface area contributed by atoms with E-state index < -0.39 is 0 Å². The van der Waals surface area contributed by atoms with Crippen molar-refractivity contribution in [2.24, 2.45) is 17.8 Å². The van der Waals surface area contributed by atoms with Gasteiger partial charge in [-0.3, -0.25) is 0 Å². The summed E-state index contributed by atoms with van der Waals surface area (Å²) in [5.41, 5.74) is 0. The summed E-state index contributed by atoms with van der Waals surface area (Å²) in [6, 6.07) is 0. The predicted octanol–water partition coefficient (Wildman–Crippen LogP) is 2.25. The zero-order chi connectivity index (χ0) is 10.8. The van der Waals surface area contributed by atoms with Gasteiger partial charge >= 0.3 is 0 Å².